The minimum Gasteiger partial charge on any atom is -0.423 e. The fourth-order valence-electron chi connectivity index (χ4n) is 2.81. The van der Waals surface area contributed by atoms with Gasteiger partial charge in [0.15, 0.2) is 0 Å². The molecule has 0 saturated heterocycles. The molecule has 156 valence electrons. The number of halogens is 1. The lowest BCUT2D eigenvalue weighted by Crippen LogP contribution is -2.18. The van der Waals surface area contributed by atoms with Gasteiger partial charge in [0, 0.05) is 23.7 Å². The number of pyridine rings is 1. The minimum atomic E-state index is -4.16. The lowest BCUT2D eigenvalue weighted by atomic mass is 10.2. The van der Waals surface area contributed by atoms with Crippen molar-refractivity contribution >= 4 is 38.3 Å². The lowest BCUT2D eigenvalue weighted by Gasteiger charge is -2.14. The highest BCUT2D eigenvalue weighted by atomic mass is 32.2. The highest BCUT2D eigenvalue weighted by Crippen LogP contribution is 2.27. The van der Waals surface area contributed by atoms with Crippen LogP contribution < -0.4 is 15.7 Å². The van der Waals surface area contributed by atoms with Gasteiger partial charge in [-0.2, -0.15) is 0 Å². The number of amides is 1. The topological polar surface area (TPSA) is 118 Å². The van der Waals surface area contributed by atoms with E-state index in [0.717, 1.165) is 12.1 Å². The van der Waals surface area contributed by atoms with Gasteiger partial charge in [0.2, 0.25) is 0 Å². The maximum atomic E-state index is 13.8. The van der Waals surface area contributed by atoms with Gasteiger partial charge in [-0.1, -0.05) is 6.07 Å². The quantitative estimate of drug-likeness (QED) is 0.460. The van der Waals surface area contributed by atoms with Crippen LogP contribution in [-0.2, 0) is 10.0 Å². The zero-order valence-corrected chi connectivity index (χ0v) is 16.5. The first-order chi connectivity index (χ1) is 14.8. The SMILES string of the molecule is O=C(Nc1ccc(F)cc1NS(=O)(=O)c1ccc2oc(=O)ccc2c1)c1ccccn1. The molecular weight excluding hydrogens is 425 g/mol. The minimum absolute atomic E-state index is 0.0485. The van der Waals surface area contributed by atoms with E-state index in [4.69, 9.17) is 4.42 Å². The van der Waals surface area contributed by atoms with Crippen molar-refractivity contribution in [1.29, 1.82) is 0 Å². The number of hydrogen-bond donors (Lipinski definition) is 2. The van der Waals surface area contributed by atoms with Crippen LogP contribution in [-0.4, -0.2) is 19.3 Å². The maximum absolute atomic E-state index is 13.8. The molecule has 2 heterocycles. The van der Waals surface area contributed by atoms with Crippen LogP contribution in [0.25, 0.3) is 11.0 Å². The Kier molecular flexibility index (Phi) is 5.22. The van der Waals surface area contributed by atoms with Crippen LogP contribution in [0, 0.1) is 5.82 Å². The number of carbonyl (C=O) groups is 1. The standard InChI is InChI=1S/C21H14FN3O5S/c22-14-5-7-16(24-21(27)17-3-1-2-10-23-17)18(12-14)25-31(28,29)15-6-8-19-13(11-15)4-9-20(26)30-19/h1-12,25H,(H,24,27). The second-order valence-corrected chi connectivity index (χ2v) is 8.10. The summed E-state index contributed by atoms with van der Waals surface area (Å²) in [5.41, 5.74) is -0.345. The van der Waals surface area contributed by atoms with Gasteiger partial charge in [-0.15, -0.1) is 0 Å². The van der Waals surface area contributed by atoms with Gasteiger partial charge in [0.25, 0.3) is 15.9 Å². The molecule has 2 aromatic heterocycles. The van der Waals surface area contributed by atoms with Gasteiger partial charge >= 0.3 is 5.63 Å². The van der Waals surface area contributed by atoms with E-state index in [9.17, 15) is 22.4 Å². The van der Waals surface area contributed by atoms with E-state index in [1.807, 2.05) is 0 Å². The van der Waals surface area contributed by atoms with Gasteiger partial charge in [0.1, 0.15) is 17.1 Å². The van der Waals surface area contributed by atoms with Crippen molar-refractivity contribution in [2.75, 3.05) is 10.0 Å². The molecule has 0 radical (unpaired) electrons. The number of rotatable bonds is 5. The zero-order valence-electron chi connectivity index (χ0n) is 15.7. The van der Waals surface area contributed by atoms with E-state index in [2.05, 4.69) is 15.0 Å². The number of nitrogens with one attached hydrogen (secondary N) is 2. The second kappa shape index (κ2) is 8.00. The van der Waals surface area contributed by atoms with E-state index in [1.165, 1.54) is 48.7 Å². The second-order valence-electron chi connectivity index (χ2n) is 6.42. The Balaban J connectivity index is 1.66. The first-order valence-electron chi connectivity index (χ1n) is 8.90. The summed E-state index contributed by atoms with van der Waals surface area (Å²) in [6.07, 6.45) is 1.44. The molecule has 4 rings (SSSR count). The Bertz CT molecular complexity index is 1450. The van der Waals surface area contributed by atoms with E-state index in [0.29, 0.717) is 5.39 Å². The van der Waals surface area contributed by atoms with E-state index < -0.39 is 27.4 Å². The van der Waals surface area contributed by atoms with Crippen molar-refractivity contribution < 1.29 is 22.0 Å². The first-order valence-corrected chi connectivity index (χ1v) is 10.4. The molecule has 0 atom stereocenters. The normalized spacial score (nSPS) is 11.3. The molecule has 0 bridgehead atoms. The van der Waals surface area contributed by atoms with E-state index >= 15 is 0 Å². The molecular formula is C21H14FN3O5S. The molecule has 0 unspecified atom stereocenters. The molecule has 2 N–H and O–H groups in total. The van der Waals surface area contributed by atoms with Crippen molar-refractivity contribution in [3.8, 4) is 0 Å². The van der Waals surface area contributed by atoms with E-state index in [-0.39, 0.29) is 27.5 Å². The Morgan fingerprint density at radius 1 is 0.968 bits per heavy atom. The summed E-state index contributed by atoms with van der Waals surface area (Å²) in [7, 11) is -4.16. The lowest BCUT2D eigenvalue weighted by molar-refractivity contribution is 0.102. The van der Waals surface area contributed by atoms with Crippen molar-refractivity contribution in [2.45, 2.75) is 4.90 Å². The largest absolute Gasteiger partial charge is 0.423 e. The summed E-state index contributed by atoms with van der Waals surface area (Å²) in [6, 6.07) is 14.5. The molecule has 10 heteroatoms. The van der Waals surface area contributed by atoms with Gasteiger partial charge in [-0.3, -0.25) is 14.5 Å². The number of fused-ring (bicyclic) bond motifs is 1. The predicted octanol–water partition coefficient (Wildman–Crippen LogP) is 3.38. The Morgan fingerprint density at radius 3 is 2.58 bits per heavy atom. The summed E-state index contributed by atoms with van der Waals surface area (Å²) >= 11 is 0. The maximum Gasteiger partial charge on any atom is 0.336 e. The molecule has 0 saturated carbocycles. The van der Waals surface area contributed by atoms with Crippen LogP contribution in [0.15, 0.2) is 87.0 Å². The third kappa shape index (κ3) is 4.43. The smallest absolute Gasteiger partial charge is 0.336 e. The number of benzene rings is 2. The van der Waals surface area contributed by atoms with Crippen molar-refractivity contribution in [2.24, 2.45) is 0 Å². The fraction of sp³-hybridized carbons (Fsp3) is 0. The first kappa shape index (κ1) is 20.2. The van der Waals surface area contributed by atoms with Gasteiger partial charge in [-0.25, -0.2) is 17.6 Å². The number of aromatic nitrogens is 1. The van der Waals surface area contributed by atoms with Crippen LogP contribution >= 0.6 is 0 Å². The molecule has 0 fully saturated rings. The number of nitrogens with zero attached hydrogens (tertiary/aromatic N) is 1. The van der Waals surface area contributed by atoms with E-state index in [1.54, 1.807) is 12.1 Å². The van der Waals surface area contributed by atoms with Gasteiger partial charge in [-0.05, 0) is 48.5 Å². The molecule has 0 aliphatic rings. The Morgan fingerprint density at radius 2 is 1.81 bits per heavy atom. The number of carbonyl (C=O) groups excluding carboxylic acids is 1. The summed E-state index contributed by atoms with van der Waals surface area (Å²) in [5.74, 6) is -1.29. The summed E-state index contributed by atoms with van der Waals surface area (Å²) in [4.78, 5) is 27.5. The fourth-order valence-corrected chi connectivity index (χ4v) is 3.92. The molecule has 0 spiro atoms. The Labute approximate surface area is 175 Å². The highest BCUT2D eigenvalue weighted by molar-refractivity contribution is 7.92. The molecule has 1 amide bonds. The third-order valence-corrected chi connectivity index (χ3v) is 5.64. The molecule has 31 heavy (non-hydrogen) atoms. The summed E-state index contributed by atoms with van der Waals surface area (Å²) in [5, 5.41) is 2.91. The van der Waals surface area contributed by atoms with Crippen LogP contribution in [0.1, 0.15) is 10.5 Å². The van der Waals surface area contributed by atoms with Crippen LogP contribution in [0.5, 0.6) is 0 Å². The average Bonchev–Trinajstić information content (AvgIpc) is 2.75. The summed E-state index contributed by atoms with van der Waals surface area (Å²) in [6.45, 7) is 0. The van der Waals surface area contributed by atoms with Crippen LogP contribution in [0.3, 0.4) is 0 Å². The molecule has 0 aliphatic carbocycles. The molecule has 4 aromatic rings. The number of hydrogen-bond acceptors (Lipinski definition) is 6. The summed E-state index contributed by atoms with van der Waals surface area (Å²) < 4.78 is 46.9. The highest BCUT2D eigenvalue weighted by Gasteiger charge is 2.19. The van der Waals surface area contributed by atoms with Crippen molar-refractivity contribution in [3.63, 3.8) is 0 Å². The van der Waals surface area contributed by atoms with Crippen molar-refractivity contribution in [3.05, 3.63) is 94.9 Å². The number of anilines is 2. The predicted molar refractivity (Wildman–Crippen MR) is 112 cm³/mol. The van der Waals surface area contributed by atoms with Gasteiger partial charge in [0.05, 0.1) is 16.3 Å². The Hall–Kier alpha value is -4.05. The average molecular weight is 439 g/mol. The molecule has 2 aromatic carbocycles. The number of sulfonamides is 1. The molecule has 0 aliphatic heterocycles. The molecule has 8 nitrogen and oxygen atoms in total. The zero-order chi connectivity index (χ0) is 22.0. The van der Waals surface area contributed by atoms with Crippen LogP contribution in [0.2, 0.25) is 0 Å². The monoisotopic (exact) mass is 439 g/mol. The van der Waals surface area contributed by atoms with Gasteiger partial charge < -0.3 is 9.73 Å². The van der Waals surface area contributed by atoms with Crippen molar-refractivity contribution in [1.82, 2.24) is 4.98 Å². The van der Waals surface area contributed by atoms with Crippen LogP contribution in [0.4, 0.5) is 15.8 Å². The third-order valence-electron chi connectivity index (χ3n) is 4.27.